The van der Waals surface area contributed by atoms with Crippen molar-refractivity contribution in [3.63, 3.8) is 0 Å². The maximum Gasteiger partial charge on any atom is 0.117 e. The van der Waals surface area contributed by atoms with Gasteiger partial charge in [0, 0.05) is 25.3 Å². The Balaban J connectivity index is 1.90. The molecule has 2 rings (SSSR count). The van der Waals surface area contributed by atoms with Crippen LogP contribution in [0.3, 0.4) is 0 Å². The number of hydrogen-bond donors (Lipinski definition) is 1. The summed E-state index contributed by atoms with van der Waals surface area (Å²) in [5.41, 5.74) is 6.32. The number of rotatable bonds is 5. The molecule has 17 heavy (non-hydrogen) atoms. The minimum Gasteiger partial charge on any atom is -0.468 e. The maximum absolute atomic E-state index is 6.41. The average molecular weight is 238 g/mol. The number of ether oxygens (including phenoxy) is 1. The molecule has 0 bridgehead atoms. The molecule has 0 unspecified atom stereocenters. The van der Waals surface area contributed by atoms with Crippen LogP contribution in [0.1, 0.15) is 25.5 Å². The molecule has 0 saturated carbocycles. The van der Waals surface area contributed by atoms with Gasteiger partial charge in [-0.25, -0.2) is 0 Å². The molecule has 1 saturated heterocycles. The van der Waals surface area contributed by atoms with Crippen LogP contribution in [0, 0.1) is 0 Å². The summed E-state index contributed by atoms with van der Waals surface area (Å²) in [5, 5.41) is 0. The zero-order valence-corrected chi connectivity index (χ0v) is 10.5. The summed E-state index contributed by atoms with van der Waals surface area (Å²) in [4.78, 5) is 2.34. The summed E-state index contributed by atoms with van der Waals surface area (Å²) >= 11 is 0. The lowest BCUT2D eigenvalue weighted by Crippen LogP contribution is -2.53. The average Bonchev–Trinajstić information content (AvgIpc) is 2.81. The van der Waals surface area contributed by atoms with Crippen molar-refractivity contribution in [2.45, 2.75) is 31.8 Å². The van der Waals surface area contributed by atoms with Crippen LogP contribution < -0.4 is 5.73 Å². The molecule has 0 aromatic carbocycles. The van der Waals surface area contributed by atoms with Crippen molar-refractivity contribution in [2.24, 2.45) is 5.73 Å². The van der Waals surface area contributed by atoms with Crippen LogP contribution in [0.25, 0.3) is 0 Å². The van der Waals surface area contributed by atoms with Gasteiger partial charge in [-0.2, -0.15) is 0 Å². The van der Waals surface area contributed by atoms with Crippen LogP contribution in [-0.2, 0) is 11.3 Å². The largest absolute Gasteiger partial charge is 0.468 e. The first-order chi connectivity index (χ1) is 8.22. The molecule has 0 amide bonds. The van der Waals surface area contributed by atoms with E-state index in [9.17, 15) is 0 Å². The Bertz CT molecular complexity index is 318. The van der Waals surface area contributed by atoms with Gasteiger partial charge < -0.3 is 14.9 Å². The highest BCUT2D eigenvalue weighted by atomic mass is 16.5. The number of nitrogens with zero attached hydrogens (tertiary/aromatic N) is 1. The lowest BCUT2D eigenvalue weighted by molar-refractivity contribution is 0.0364. The zero-order valence-electron chi connectivity index (χ0n) is 10.5. The Morgan fingerprint density at radius 2 is 2.18 bits per heavy atom. The Morgan fingerprint density at radius 1 is 1.41 bits per heavy atom. The van der Waals surface area contributed by atoms with E-state index in [1.165, 1.54) is 0 Å². The van der Waals surface area contributed by atoms with E-state index >= 15 is 0 Å². The molecular weight excluding hydrogens is 216 g/mol. The third-order valence-corrected chi connectivity index (χ3v) is 3.43. The highest BCUT2D eigenvalue weighted by Crippen LogP contribution is 2.20. The standard InChI is InChI=1S/C13H22N2O2/c1-2-15(10-12-4-3-7-17-12)11-13(14)5-8-16-9-6-13/h3-4,7H,2,5-6,8-11,14H2,1H3. The molecule has 1 aliphatic heterocycles. The third kappa shape index (κ3) is 3.56. The first-order valence-corrected chi connectivity index (χ1v) is 6.33. The number of furan rings is 1. The minimum atomic E-state index is -0.0964. The van der Waals surface area contributed by atoms with E-state index in [-0.39, 0.29) is 5.54 Å². The van der Waals surface area contributed by atoms with Crippen LogP contribution >= 0.6 is 0 Å². The summed E-state index contributed by atoms with van der Waals surface area (Å²) in [6, 6.07) is 3.94. The van der Waals surface area contributed by atoms with E-state index in [0.29, 0.717) is 0 Å². The lowest BCUT2D eigenvalue weighted by Gasteiger charge is -2.37. The molecule has 1 aromatic heterocycles. The van der Waals surface area contributed by atoms with Crippen molar-refractivity contribution in [1.82, 2.24) is 4.90 Å². The minimum absolute atomic E-state index is 0.0964. The fraction of sp³-hybridized carbons (Fsp3) is 0.692. The Labute approximate surface area is 103 Å². The Kier molecular flexibility index (Phi) is 4.20. The number of hydrogen-bond acceptors (Lipinski definition) is 4. The van der Waals surface area contributed by atoms with Gasteiger partial charge in [-0.3, -0.25) is 4.90 Å². The van der Waals surface area contributed by atoms with Gasteiger partial charge in [0.15, 0.2) is 0 Å². The van der Waals surface area contributed by atoms with Crippen LogP contribution in [0.15, 0.2) is 22.8 Å². The molecule has 1 aliphatic rings. The first-order valence-electron chi connectivity index (χ1n) is 6.33. The van der Waals surface area contributed by atoms with E-state index in [2.05, 4.69) is 11.8 Å². The van der Waals surface area contributed by atoms with Gasteiger partial charge in [-0.05, 0) is 31.5 Å². The normalized spacial score (nSPS) is 19.7. The molecule has 0 radical (unpaired) electrons. The maximum atomic E-state index is 6.41. The molecule has 2 heterocycles. The first kappa shape index (κ1) is 12.6. The van der Waals surface area contributed by atoms with E-state index < -0.39 is 0 Å². The van der Waals surface area contributed by atoms with E-state index in [1.54, 1.807) is 6.26 Å². The van der Waals surface area contributed by atoms with Crippen LogP contribution in [0.5, 0.6) is 0 Å². The summed E-state index contributed by atoms with van der Waals surface area (Å²) in [7, 11) is 0. The van der Waals surface area contributed by atoms with Crippen molar-refractivity contribution in [1.29, 1.82) is 0 Å². The SMILES string of the molecule is CCN(Cc1ccco1)CC1(N)CCOCC1. The van der Waals surface area contributed by atoms with Crippen molar-refractivity contribution in [3.8, 4) is 0 Å². The summed E-state index contributed by atoms with van der Waals surface area (Å²) < 4.78 is 10.7. The Morgan fingerprint density at radius 3 is 2.76 bits per heavy atom. The van der Waals surface area contributed by atoms with E-state index in [4.69, 9.17) is 14.9 Å². The van der Waals surface area contributed by atoms with Crippen molar-refractivity contribution >= 4 is 0 Å². The fourth-order valence-electron chi connectivity index (χ4n) is 2.28. The second kappa shape index (κ2) is 5.67. The number of likely N-dealkylation sites (N-methyl/N-ethyl adjacent to an activating group) is 1. The molecule has 0 spiro atoms. The van der Waals surface area contributed by atoms with Gasteiger partial charge in [-0.15, -0.1) is 0 Å². The molecule has 4 nitrogen and oxygen atoms in total. The van der Waals surface area contributed by atoms with Crippen molar-refractivity contribution in [2.75, 3.05) is 26.3 Å². The molecule has 1 fully saturated rings. The third-order valence-electron chi connectivity index (χ3n) is 3.43. The smallest absolute Gasteiger partial charge is 0.117 e. The summed E-state index contributed by atoms with van der Waals surface area (Å²) in [6.45, 7) is 6.46. The van der Waals surface area contributed by atoms with E-state index in [1.807, 2.05) is 12.1 Å². The summed E-state index contributed by atoms with van der Waals surface area (Å²) in [5.74, 6) is 1.00. The molecule has 0 aliphatic carbocycles. The fourth-order valence-corrected chi connectivity index (χ4v) is 2.28. The second-order valence-corrected chi connectivity index (χ2v) is 4.86. The van der Waals surface area contributed by atoms with Gasteiger partial charge in [0.05, 0.1) is 12.8 Å². The number of nitrogens with two attached hydrogens (primary N) is 1. The highest BCUT2D eigenvalue weighted by Gasteiger charge is 2.29. The van der Waals surface area contributed by atoms with Gasteiger partial charge in [0.2, 0.25) is 0 Å². The topological polar surface area (TPSA) is 51.6 Å². The molecule has 2 N–H and O–H groups in total. The van der Waals surface area contributed by atoms with Gasteiger partial charge >= 0.3 is 0 Å². The molecule has 0 atom stereocenters. The molecule has 96 valence electrons. The predicted molar refractivity (Wildman–Crippen MR) is 66.6 cm³/mol. The summed E-state index contributed by atoms with van der Waals surface area (Å²) in [6.07, 6.45) is 3.61. The monoisotopic (exact) mass is 238 g/mol. The van der Waals surface area contributed by atoms with Crippen molar-refractivity contribution in [3.05, 3.63) is 24.2 Å². The highest BCUT2D eigenvalue weighted by molar-refractivity contribution is 4.99. The molecular formula is C13H22N2O2. The van der Waals surface area contributed by atoms with Crippen LogP contribution in [0.2, 0.25) is 0 Å². The van der Waals surface area contributed by atoms with Gasteiger partial charge in [-0.1, -0.05) is 6.92 Å². The molecule has 4 heteroatoms. The second-order valence-electron chi connectivity index (χ2n) is 4.86. The van der Waals surface area contributed by atoms with Crippen molar-refractivity contribution < 1.29 is 9.15 Å². The quantitative estimate of drug-likeness (QED) is 0.846. The molecule has 1 aromatic rings. The van der Waals surface area contributed by atoms with Crippen LogP contribution in [-0.4, -0.2) is 36.7 Å². The van der Waals surface area contributed by atoms with E-state index in [0.717, 1.165) is 51.4 Å². The Hall–Kier alpha value is -0.840. The van der Waals surface area contributed by atoms with Gasteiger partial charge in [0.25, 0.3) is 0 Å². The van der Waals surface area contributed by atoms with Gasteiger partial charge in [0.1, 0.15) is 5.76 Å². The predicted octanol–water partition coefficient (Wildman–Crippen LogP) is 1.61. The zero-order chi connectivity index (χ0) is 12.1. The lowest BCUT2D eigenvalue weighted by atomic mass is 9.90. The van der Waals surface area contributed by atoms with Crippen LogP contribution in [0.4, 0.5) is 0 Å².